The second-order valence-electron chi connectivity index (χ2n) is 5.08. The summed E-state index contributed by atoms with van der Waals surface area (Å²) in [5, 5.41) is 21.2. The number of aromatic hydroxyl groups is 1. The van der Waals surface area contributed by atoms with Gasteiger partial charge in [-0.25, -0.2) is 5.10 Å². The first-order chi connectivity index (χ1) is 12.1. The van der Waals surface area contributed by atoms with Crippen LogP contribution in [0.3, 0.4) is 0 Å². The molecule has 0 amide bonds. The minimum atomic E-state index is 0.0921. The highest BCUT2D eigenvalue weighted by molar-refractivity contribution is 9.10. The summed E-state index contributed by atoms with van der Waals surface area (Å²) in [7, 11) is 0. The fourth-order valence-corrected chi connectivity index (χ4v) is 2.63. The second-order valence-corrected chi connectivity index (χ2v) is 6.38. The molecule has 0 bridgehead atoms. The summed E-state index contributed by atoms with van der Waals surface area (Å²) in [6.07, 6.45) is 1.63. The maximum Gasteiger partial charge on any atom is 0.216 e. The monoisotopic (exact) mass is 418 g/mol. The number of aromatic amines is 1. The van der Waals surface area contributed by atoms with Crippen LogP contribution < -0.4 is 4.74 Å². The van der Waals surface area contributed by atoms with Crippen LogP contribution in [0, 0.1) is 4.77 Å². The van der Waals surface area contributed by atoms with Gasteiger partial charge in [-0.2, -0.15) is 14.9 Å². The Morgan fingerprint density at radius 3 is 2.80 bits per heavy atom. The highest BCUT2D eigenvalue weighted by Crippen LogP contribution is 2.26. The molecule has 1 aromatic heterocycles. The van der Waals surface area contributed by atoms with Crippen molar-refractivity contribution in [2.24, 2.45) is 5.10 Å². The zero-order chi connectivity index (χ0) is 17.8. The number of H-pyrrole nitrogens is 1. The molecule has 8 heteroatoms. The molecule has 0 aliphatic carbocycles. The summed E-state index contributed by atoms with van der Waals surface area (Å²) >= 11 is 8.67. The van der Waals surface area contributed by atoms with Gasteiger partial charge in [-0.1, -0.05) is 28.1 Å². The standard InChI is InChI=1S/C17H15BrN4O2S/c1-2-24-15-9-11(3-8-14(15)23)10-19-22-16(20-21-17(22)25)12-4-6-13(18)7-5-12/h3-10,23H,2H2,1H3,(H,21,25)/b19-10-. The molecule has 0 unspecified atom stereocenters. The molecule has 128 valence electrons. The molecule has 0 fully saturated rings. The molecule has 0 spiro atoms. The number of hydrogen-bond acceptors (Lipinski definition) is 5. The summed E-state index contributed by atoms with van der Waals surface area (Å²) in [6, 6.07) is 12.7. The second kappa shape index (κ2) is 7.62. The van der Waals surface area contributed by atoms with Crippen LogP contribution in [0.2, 0.25) is 0 Å². The number of ether oxygens (including phenoxy) is 1. The summed E-state index contributed by atoms with van der Waals surface area (Å²) in [6.45, 7) is 2.32. The molecule has 0 radical (unpaired) electrons. The molecule has 2 aromatic carbocycles. The van der Waals surface area contributed by atoms with E-state index in [9.17, 15) is 5.11 Å². The third kappa shape index (κ3) is 3.97. The van der Waals surface area contributed by atoms with Crippen molar-refractivity contribution < 1.29 is 9.84 Å². The van der Waals surface area contributed by atoms with Crippen molar-refractivity contribution in [2.45, 2.75) is 6.92 Å². The number of rotatable bonds is 5. The number of nitrogens with zero attached hydrogens (tertiary/aromatic N) is 3. The van der Waals surface area contributed by atoms with E-state index in [2.05, 4.69) is 31.2 Å². The zero-order valence-electron chi connectivity index (χ0n) is 13.3. The molecule has 3 rings (SSSR count). The number of phenolic OH excluding ortho intramolecular Hbond substituents is 1. The fraction of sp³-hybridized carbons (Fsp3) is 0.118. The van der Waals surface area contributed by atoms with Gasteiger partial charge in [0, 0.05) is 10.0 Å². The van der Waals surface area contributed by atoms with Crippen molar-refractivity contribution in [3.8, 4) is 22.9 Å². The Morgan fingerprint density at radius 1 is 1.32 bits per heavy atom. The van der Waals surface area contributed by atoms with E-state index in [0.29, 0.717) is 23.0 Å². The SMILES string of the molecule is CCOc1cc(/C=N\n2c(-c3ccc(Br)cc3)n[nH]c2=S)ccc1O. The Labute approximate surface area is 157 Å². The lowest BCUT2D eigenvalue weighted by molar-refractivity contribution is 0.318. The molecule has 3 aromatic rings. The van der Waals surface area contributed by atoms with Gasteiger partial charge < -0.3 is 9.84 Å². The highest BCUT2D eigenvalue weighted by Gasteiger charge is 2.08. The van der Waals surface area contributed by atoms with E-state index >= 15 is 0 Å². The average molecular weight is 419 g/mol. The Hall–Kier alpha value is -2.45. The first kappa shape index (κ1) is 17.4. The van der Waals surface area contributed by atoms with Crippen LogP contribution >= 0.6 is 28.1 Å². The smallest absolute Gasteiger partial charge is 0.216 e. The van der Waals surface area contributed by atoms with E-state index in [1.807, 2.05) is 31.2 Å². The van der Waals surface area contributed by atoms with Gasteiger partial charge in [0.1, 0.15) is 0 Å². The van der Waals surface area contributed by atoms with Crippen molar-refractivity contribution in [1.29, 1.82) is 0 Å². The summed E-state index contributed by atoms with van der Waals surface area (Å²) < 4.78 is 8.29. The zero-order valence-corrected chi connectivity index (χ0v) is 15.7. The van der Waals surface area contributed by atoms with Crippen molar-refractivity contribution in [3.63, 3.8) is 0 Å². The van der Waals surface area contributed by atoms with E-state index in [1.165, 1.54) is 0 Å². The van der Waals surface area contributed by atoms with Gasteiger partial charge in [0.15, 0.2) is 17.3 Å². The third-order valence-electron chi connectivity index (χ3n) is 3.36. The van der Waals surface area contributed by atoms with Crippen molar-refractivity contribution in [3.05, 3.63) is 57.3 Å². The largest absolute Gasteiger partial charge is 0.504 e. The predicted molar refractivity (Wildman–Crippen MR) is 103 cm³/mol. The normalized spacial score (nSPS) is 11.1. The number of aromatic nitrogens is 3. The summed E-state index contributed by atoms with van der Waals surface area (Å²) in [5.41, 5.74) is 1.65. The average Bonchev–Trinajstić information content (AvgIpc) is 2.97. The van der Waals surface area contributed by atoms with Gasteiger partial charge in [0.25, 0.3) is 0 Å². The minimum absolute atomic E-state index is 0.0921. The molecular weight excluding hydrogens is 404 g/mol. The molecule has 2 N–H and O–H groups in total. The van der Waals surface area contributed by atoms with E-state index in [1.54, 1.807) is 29.1 Å². The van der Waals surface area contributed by atoms with Gasteiger partial charge in [-0.15, -0.1) is 0 Å². The lowest BCUT2D eigenvalue weighted by Crippen LogP contribution is -1.96. The lowest BCUT2D eigenvalue weighted by atomic mass is 10.2. The molecule has 6 nitrogen and oxygen atoms in total. The molecule has 0 aliphatic heterocycles. The van der Waals surface area contributed by atoms with Crippen molar-refractivity contribution in [1.82, 2.24) is 14.9 Å². The summed E-state index contributed by atoms with van der Waals surface area (Å²) in [5.74, 6) is 1.11. The van der Waals surface area contributed by atoms with Gasteiger partial charge >= 0.3 is 0 Å². The molecule has 0 saturated heterocycles. The van der Waals surface area contributed by atoms with Crippen molar-refractivity contribution in [2.75, 3.05) is 6.61 Å². The molecule has 0 atom stereocenters. The van der Waals surface area contributed by atoms with Gasteiger partial charge in [0.05, 0.1) is 12.8 Å². The maximum atomic E-state index is 9.77. The molecule has 0 saturated carbocycles. The van der Waals surface area contributed by atoms with E-state index in [0.717, 1.165) is 15.6 Å². The molecular formula is C17H15BrN4O2S. The van der Waals surface area contributed by atoms with E-state index < -0.39 is 0 Å². The number of benzene rings is 2. The number of halogens is 1. The van der Waals surface area contributed by atoms with Crippen LogP contribution in [0.4, 0.5) is 0 Å². The molecule has 1 heterocycles. The third-order valence-corrected chi connectivity index (χ3v) is 4.15. The maximum absolute atomic E-state index is 9.77. The lowest BCUT2D eigenvalue weighted by Gasteiger charge is -2.06. The first-order valence-electron chi connectivity index (χ1n) is 7.52. The summed E-state index contributed by atoms with van der Waals surface area (Å²) in [4.78, 5) is 0. The quantitative estimate of drug-likeness (QED) is 0.476. The van der Waals surface area contributed by atoms with Crippen LogP contribution in [-0.4, -0.2) is 32.8 Å². The van der Waals surface area contributed by atoms with Crippen molar-refractivity contribution >= 4 is 34.4 Å². The number of nitrogens with one attached hydrogen (secondary N) is 1. The van der Waals surface area contributed by atoms with Crippen LogP contribution in [0.15, 0.2) is 52.0 Å². The van der Waals surface area contributed by atoms with Gasteiger partial charge in [-0.3, -0.25) is 0 Å². The Balaban J connectivity index is 1.94. The van der Waals surface area contributed by atoms with Crippen LogP contribution in [0.25, 0.3) is 11.4 Å². The van der Waals surface area contributed by atoms with Crippen LogP contribution in [-0.2, 0) is 0 Å². The Morgan fingerprint density at radius 2 is 2.08 bits per heavy atom. The topological polar surface area (TPSA) is 75.4 Å². The first-order valence-corrected chi connectivity index (χ1v) is 8.72. The highest BCUT2D eigenvalue weighted by atomic mass is 79.9. The molecule has 0 aliphatic rings. The molecule has 25 heavy (non-hydrogen) atoms. The fourth-order valence-electron chi connectivity index (χ4n) is 2.19. The van der Waals surface area contributed by atoms with Crippen LogP contribution in [0.5, 0.6) is 11.5 Å². The predicted octanol–water partition coefficient (Wildman–Crippen LogP) is 4.36. The van der Waals surface area contributed by atoms with Gasteiger partial charge in [-0.05, 0) is 55.0 Å². The Kier molecular flexibility index (Phi) is 5.30. The van der Waals surface area contributed by atoms with Crippen LogP contribution in [0.1, 0.15) is 12.5 Å². The Bertz CT molecular complexity index is 964. The van der Waals surface area contributed by atoms with E-state index in [-0.39, 0.29) is 5.75 Å². The van der Waals surface area contributed by atoms with Gasteiger partial charge in [0.2, 0.25) is 4.77 Å². The number of phenols is 1. The van der Waals surface area contributed by atoms with E-state index in [4.69, 9.17) is 17.0 Å². The minimum Gasteiger partial charge on any atom is -0.504 e. The number of hydrogen-bond donors (Lipinski definition) is 2.